The number of furan rings is 2. The Hall–Kier alpha value is -3.57. The minimum atomic E-state index is -0.201. The standard InChI is InChI=1S/C25H24N2O3/c28-24(19-27(17-22-13-7-15-29-22)18-23-14-8-16-30-23)26-25(20-9-3-1-4-10-20)21-11-5-2-6-12-21/h1-16,25H,17-19H2,(H,26,28)/p+1. The Morgan fingerprint density at radius 3 is 1.67 bits per heavy atom. The number of benzene rings is 2. The van der Waals surface area contributed by atoms with Crippen LogP contribution in [0.3, 0.4) is 0 Å². The molecule has 5 nitrogen and oxygen atoms in total. The van der Waals surface area contributed by atoms with Crippen LogP contribution in [0.25, 0.3) is 0 Å². The summed E-state index contributed by atoms with van der Waals surface area (Å²) in [6, 6.07) is 27.4. The third-order valence-electron chi connectivity index (χ3n) is 4.99. The predicted octanol–water partition coefficient (Wildman–Crippen LogP) is 3.36. The smallest absolute Gasteiger partial charge is 0.275 e. The quantitative estimate of drug-likeness (QED) is 0.452. The van der Waals surface area contributed by atoms with Gasteiger partial charge in [-0.3, -0.25) is 4.79 Å². The number of nitrogens with one attached hydrogen (secondary N) is 2. The van der Waals surface area contributed by atoms with Gasteiger partial charge in [0.15, 0.2) is 18.1 Å². The summed E-state index contributed by atoms with van der Waals surface area (Å²) in [5, 5.41) is 3.22. The third kappa shape index (κ3) is 5.27. The van der Waals surface area contributed by atoms with Gasteiger partial charge in [-0.05, 0) is 35.4 Å². The van der Waals surface area contributed by atoms with Gasteiger partial charge in [0.05, 0.1) is 18.6 Å². The highest BCUT2D eigenvalue weighted by Gasteiger charge is 2.22. The van der Waals surface area contributed by atoms with E-state index in [-0.39, 0.29) is 11.9 Å². The van der Waals surface area contributed by atoms with Gasteiger partial charge in [0, 0.05) is 0 Å². The molecule has 0 radical (unpaired) electrons. The molecule has 0 aliphatic carbocycles. The molecule has 2 aromatic carbocycles. The zero-order chi connectivity index (χ0) is 20.6. The Morgan fingerprint density at radius 2 is 1.23 bits per heavy atom. The first kappa shape index (κ1) is 19.7. The molecule has 0 aliphatic rings. The van der Waals surface area contributed by atoms with Gasteiger partial charge in [-0.2, -0.15) is 0 Å². The average molecular weight is 401 g/mol. The summed E-state index contributed by atoms with van der Waals surface area (Å²) in [5.74, 6) is 1.65. The van der Waals surface area contributed by atoms with Crippen LogP contribution >= 0.6 is 0 Å². The van der Waals surface area contributed by atoms with Crippen LogP contribution < -0.4 is 10.2 Å². The normalized spacial score (nSPS) is 11.1. The van der Waals surface area contributed by atoms with Crippen LogP contribution in [0.4, 0.5) is 0 Å². The van der Waals surface area contributed by atoms with E-state index in [1.54, 1.807) is 12.5 Å². The van der Waals surface area contributed by atoms with E-state index < -0.39 is 0 Å². The molecule has 0 atom stereocenters. The number of hydrogen-bond donors (Lipinski definition) is 2. The number of hydrogen-bond acceptors (Lipinski definition) is 3. The van der Waals surface area contributed by atoms with E-state index in [9.17, 15) is 4.79 Å². The van der Waals surface area contributed by atoms with Crippen LogP contribution in [0.15, 0.2) is 106 Å². The molecule has 0 spiro atoms. The molecule has 5 heteroatoms. The van der Waals surface area contributed by atoms with Crippen molar-refractivity contribution in [1.82, 2.24) is 5.32 Å². The topological polar surface area (TPSA) is 59.8 Å². The lowest BCUT2D eigenvalue weighted by molar-refractivity contribution is -0.921. The van der Waals surface area contributed by atoms with Crippen molar-refractivity contribution in [1.29, 1.82) is 0 Å². The highest BCUT2D eigenvalue weighted by molar-refractivity contribution is 5.77. The molecule has 2 N–H and O–H groups in total. The Labute approximate surface area is 175 Å². The van der Waals surface area contributed by atoms with Crippen molar-refractivity contribution in [3.8, 4) is 0 Å². The summed E-state index contributed by atoms with van der Waals surface area (Å²) in [6.07, 6.45) is 3.31. The van der Waals surface area contributed by atoms with Crippen LogP contribution in [0.5, 0.6) is 0 Å². The van der Waals surface area contributed by atoms with E-state index >= 15 is 0 Å². The summed E-state index contributed by atoms with van der Waals surface area (Å²) in [7, 11) is 0. The maximum Gasteiger partial charge on any atom is 0.275 e. The van der Waals surface area contributed by atoms with E-state index in [4.69, 9.17) is 8.83 Å². The van der Waals surface area contributed by atoms with Gasteiger partial charge < -0.3 is 19.1 Å². The first-order chi connectivity index (χ1) is 14.8. The third-order valence-corrected chi connectivity index (χ3v) is 4.99. The molecule has 152 valence electrons. The van der Waals surface area contributed by atoms with Gasteiger partial charge in [0.2, 0.25) is 0 Å². The number of amides is 1. The van der Waals surface area contributed by atoms with Crippen LogP contribution in [0, 0.1) is 0 Å². The number of carbonyl (C=O) groups is 1. The Morgan fingerprint density at radius 1 is 0.733 bits per heavy atom. The number of carbonyl (C=O) groups excluding carboxylic acids is 1. The molecule has 0 aliphatic heterocycles. The molecule has 1 amide bonds. The molecule has 4 aromatic rings. The Balaban J connectivity index is 1.50. The van der Waals surface area contributed by atoms with Crippen molar-refractivity contribution >= 4 is 5.91 Å². The minimum Gasteiger partial charge on any atom is -0.463 e. The summed E-state index contributed by atoms with van der Waals surface area (Å²) < 4.78 is 11.0. The van der Waals surface area contributed by atoms with E-state index in [0.29, 0.717) is 19.6 Å². The van der Waals surface area contributed by atoms with Gasteiger partial charge in [-0.25, -0.2) is 0 Å². The largest absolute Gasteiger partial charge is 0.463 e. The van der Waals surface area contributed by atoms with Gasteiger partial charge in [0.1, 0.15) is 13.1 Å². The summed E-state index contributed by atoms with van der Waals surface area (Å²) >= 11 is 0. The molecule has 0 bridgehead atoms. The first-order valence-electron chi connectivity index (χ1n) is 10.1. The second kappa shape index (κ2) is 9.76. The van der Waals surface area contributed by atoms with Crippen LogP contribution in [-0.4, -0.2) is 12.5 Å². The fourth-order valence-corrected chi connectivity index (χ4v) is 3.60. The zero-order valence-electron chi connectivity index (χ0n) is 16.7. The maximum absolute atomic E-state index is 13.1. The van der Waals surface area contributed by atoms with E-state index in [1.807, 2.05) is 84.9 Å². The molecule has 30 heavy (non-hydrogen) atoms. The second-order valence-corrected chi connectivity index (χ2v) is 7.26. The highest BCUT2D eigenvalue weighted by atomic mass is 16.3. The monoisotopic (exact) mass is 401 g/mol. The van der Waals surface area contributed by atoms with Gasteiger partial charge in [-0.15, -0.1) is 0 Å². The second-order valence-electron chi connectivity index (χ2n) is 7.26. The summed E-state index contributed by atoms with van der Waals surface area (Å²) in [6.45, 7) is 1.50. The molecule has 0 fully saturated rings. The van der Waals surface area contributed by atoms with Crippen molar-refractivity contribution in [2.24, 2.45) is 0 Å². The average Bonchev–Trinajstić information content (AvgIpc) is 3.48. The minimum absolute atomic E-state index is 0.0270. The SMILES string of the molecule is O=C(C[NH+](Cc1ccco1)Cc1ccco1)NC(c1ccccc1)c1ccccc1. The molecular formula is C25H25N2O3+. The van der Waals surface area contributed by atoms with Gasteiger partial charge in [0.25, 0.3) is 5.91 Å². The summed E-state index contributed by atoms with van der Waals surface area (Å²) in [5.41, 5.74) is 2.10. The molecule has 4 rings (SSSR count). The lowest BCUT2D eigenvalue weighted by atomic mass is 9.99. The van der Waals surface area contributed by atoms with E-state index in [1.165, 1.54) is 0 Å². The van der Waals surface area contributed by atoms with Crippen LogP contribution in [0.1, 0.15) is 28.7 Å². The van der Waals surface area contributed by atoms with Crippen LogP contribution in [0.2, 0.25) is 0 Å². The zero-order valence-corrected chi connectivity index (χ0v) is 16.7. The fraction of sp³-hybridized carbons (Fsp3) is 0.160. The first-order valence-corrected chi connectivity index (χ1v) is 10.1. The molecule has 0 saturated carbocycles. The fourth-order valence-electron chi connectivity index (χ4n) is 3.60. The molecule has 0 unspecified atom stereocenters. The maximum atomic E-state index is 13.1. The molecular weight excluding hydrogens is 376 g/mol. The van der Waals surface area contributed by atoms with Crippen molar-refractivity contribution < 1.29 is 18.5 Å². The van der Waals surface area contributed by atoms with Gasteiger partial charge in [-0.1, -0.05) is 60.7 Å². The highest BCUT2D eigenvalue weighted by Crippen LogP contribution is 2.21. The van der Waals surface area contributed by atoms with Crippen LogP contribution in [-0.2, 0) is 17.9 Å². The van der Waals surface area contributed by atoms with E-state index in [0.717, 1.165) is 27.5 Å². The molecule has 2 aromatic heterocycles. The molecule has 2 heterocycles. The predicted molar refractivity (Wildman–Crippen MR) is 114 cm³/mol. The van der Waals surface area contributed by atoms with Crippen molar-refractivity contribution in [2.75, 3.05) is 6.54 Å². The van der Waals surface area contributed by atoms with Crippen molar-refractivity contribution in [3.05, 3.63) is 120 Å². The number of rotatable bonds is 9. The molecule has 0 saturated heterocycles. The van der Waals surface area contributed by atoms with Crippen molar-refractivity contribution in [3.63, 3.8) is 0 Å². The van der Waals surface area contributed by atoms with E-state index in [2.05, 4.69) is 5.32 Å². The summed E-state index contributed by atoms with van der Waals surface area (Å²) in [4.78, 5) is 14.1. The lowest BCUT2D eigenvalue weighted by Gasteiger charge is -2.22. The van der Waals surface area contributed by atoms with Crippen molar-refractivity contribution in [2.45, 2.75) is 19.1 Å². The Kier molecular flexibility index (Phi) is 6.42. The number of quaternary nitrogens is 1. The lowest BCUT2D eigenvalue weighted by Crippen LogP contribution is -3.10. The Bertz CT molecular complexity index is 937. The van der Waals surface area contributed by atoms with Gasteiger partial charge >= 0.3 is 0 Å².